The maximum Gasteiger partial charge on any atom is 0.123 e. The molecule has 0 aliphatic carbocycles. The fourth-order valence-electron chi connectivity index (χ4n) is 3.89. The van der Waals surface area contributed by atoms with Gasteiger partial charge in [0.05, 0.1) is 17.3 Å². The van der Waals surface area contributed by atoms with Gasteiger partial charge < -0.3 is 0 Å². The molecule has 2 heterocycles. The molecule has 0 N–H and O–H groups in total. The highest BCUT2D eigenvalue weighted by Crippen LogP contribution is 2.38. The van der Waals surface area contributed by atoms with Gasteiger partial charge in [-0.15, -0.1) is 0 Å². The van der Waals surface area contributed by atoms with E-state index in [1.165, 1.54) is 28.8 Å². The van der Waals surface area contributed by atoms with Crippen LogP contribution in [0.15, 0.2) is 42.5 Å². The van der Waals surface area contributed by atoms with Crippen molar-refractivity contribution in [2.45, 2.75) is 25.8 Å². The number of likely N-dealkylation sites (N-methyl/N-ethyl adjacent to an activating group) is 1. The number of hydrogen-bond donors (Lipinski definition) is 0. The van der Waals surface area contributed by atoms with E-state index in [1.807, 2.05) is 18.2 Å². The molecule has 1 aliphatic heterocycles. The van der Waals surface area contributed by atoms with Crippen molar-refractivity contribution in [3.8, 4) is 12.0 Å². The highest BCUT2D eigenvalue weighted by atomic mass is 35.5. The van der Waals surface area contributed by atoms with E-state index in [0.717, 1.165) is 35.5 Å². The zero-order valence-electron chi connectivity index (χ0n) is 14.9. The van der Waals surface area contributed by atoms with Crippen LogP contribution in [0.5, 0.6) is 0 Å². The van der Waals surface area contributed by atoms with Crippen molar-refractivity contribution >= 4 is 22.5 Å². The van der Waals surface area contributed by atoms with E-state index in [-0.39, 0.29) is 5.82 Å². The fraction of sp³-hybridized carbons (Fsp3) is 0.273. The summed E-state index contributed by atoms with van der Waals surface area (Å²) in [6.07, 6.45) is 2.01. The normalized spacial score (nSPS) is 17.0. The largest absolute Gasteiger partial charge is 0.298 e. The van der Waals surface area contributed by atoms with Gasteiger partial charge in [-0.3, -0.25) is 9.47 Å². The SMILES string of the molecule is CCC1c2c(c3cc(Cl)ccc3n2C#Cc2ccc(F)cc2)CCN1C. The number of rotatable bonds is 1. The van der Waals surface area contributed by atoms with Crippen molar-refractivity contribution in [2.75, 3.05) is 13.6 Å². The maximum absolute atomic E-state index is 13.1. The second kappa shape index (κ2) is 6.79. The van der Waals surface area contributed by atoms with Gasteiger partial charge in [-0.05, 0) is 73.8 Å². The van der Waals surface area contributed by atoms with E-state index in [4.69, 9.17) is 11.6 Å². The van der Waals surface area contributed by atoms with Crippen LogP contribution in [0.2, 0.25) is 5.02 Å². The molecule has 2 nitrogen and oxygen atoms in total. The molecule has 1 atom stereocenters. The van der Waals surface area contributed by atoms with Crippen molar-refractivity contribution in [3.63, 3.8) is 0 Å². The average Bonchev–Trinajstić information content (AvgIpc) is 2.94. The molecule has 1 aromatic heterocycles. The summed E-state index contributed by atoms with van der Waals surface area (Å²) in [5.74, 6) is 2.94. The molecule has 4 heteroatoms. The molecule has 0 amide bonds. The molecule has 1 aliphatic rings. The van der Waals surface area contributed by atoms with Crippen molar-refractivity contribution < 1.29 is 4.39 Å². The van der Waals surface area contributed by atoms with Gasteiger partial charge in [0.25, 0.3) is 0 Å². The maximum atomic E-state index is 13.1. The third-order valence-corrected chi connectivity index (χ3v) is 5.41. The first-order valence-electron chi connectivity index (χ1n) is 8.89. The van der Waals surface area contributed by atoms with Gasteiger partial charge in [-0.25, -0.2) is 4.39 Å². The lowest BCUT2D eigenvalue weighted by Gasteiger charge is -2.32. The standard InChI is InChI=1S/C22H20ClFN2/c1-3-20-22-18(11-12-25(20)2)19-14-16(23)6-9-21(19)26(22)13-10-15-4-7-17(24)8-5-15/h4-9,14,20H,3,11-12H2,1-2H3. The Hall–Kier alpha value is -2.28. The van der Waals surface area contributed by atoms with Crippen LogP contribution in [0.1, 0.15) is 36.2 Å². The van der Waals surface area contributed by atoms with Gasteiger partial charge in [-0.2, -0.15) is 0 Å². The monoisotopic (exact) mass is 366 g/mol. The summed E-state index contributed by atoms with van der Waals surface area (Å²) in [5.41, 5.74) is 4.49. The van der Waals surface area contributed by atoms with Gasteiger partial charge in [-0.1, -0.05) is 18.5 Å². The molecule has 26 heavy (non-hydrogen) atoms. The molecule has 0 bridgehead atoms. The number of fused-ring (bicyclic) bond motifs is 3. The van der Waals surface area contributed by atoms with Crippen molar-refractivity contribution in [3.05, 3.63) is 70.1 Å². The van der Waals surface area contributed by atoms with Crippen LogP contribution in [-0.4, -0.2) is 23.1 Å². The summed E-state index contributed by atoms with van der Waals surface area (Å²) < 4.78 is 15.2. The summed E-state index contributed by atoms with van der Waals surface area (Å²) in [4.78, 5) is 2.39. The molecule has 132 valence electrons. The number of aromatic nitrogens is 1. The predicted molar refractivity (Wildman–Crippen MR) is 105 cm³/mol. The Kier molecular flexibility index (Phi) is 4.48. The summed E-state index contributed by atoms with van der Waals surface area (Å²) >= 11 is 6.27. The predicted octanol–water partition coefficient (Wildman–Crippen LogP) is 5.23. The van der Waals surface area contributed by atoms with E-state index < -0.39 is 0 Å². The zero-order chi connectivity index (χ0) is 18.3. The quantitative estimate of drug-likeness (QED) is 0.535. The molecule has 0 spiro atoms. The van der Waals surface area contributed by atoms with Gasteiger partial charge in [0, 0.05) is 28.6 Å². The van der Waals surface area contributed by atoms with Crippen LogP contribution >= 0.6 is 11.6 Å². The van der Waals surface area contributed by atoms with Crippen LogP contribution in [0, 0.1) is 17.8 Å². The Morgan fingerprint density at radius 2 is 1.96 bits per heavy atom. The van der Waals surface area contributed by atoms with Gasteiger partial charge in [0.2, 0.25) is 0 Å². The molecule has 0 radical (unpaired) electrons. The van der Waals surface area contributed by atoms with E-state index in [0.29, 0.717) is 6.04 Å². The van der Waals surface area contributed by atoms with Crippen LogP contribution < -0.4 is 0 Å². The topological polar surface area (TPSA) is 8.17 Å². The van der Waals surface area contributed by atoms with Crippen LogP contribution in [-0.2, 0) is 6.42 Å². The summed E-state index contributed by atoms with van der Waals surface area (Å²) in [7, 11) is 2.17. The Morgan fingerprint density at radius 1 is 1.19 bits per heavy atom. The van der Waals surface area contributed by atoms with Gasteiger partial charge in [0.15, 0.2) is 0 Å². The Balaban J connectivity index is 1.93. The molecule has 0 saturated heterocycles. The van der Waals surface area contributed by atoms with Crippen molar-refractivity contribution in [1.82, 2.24) is 9.47 Å². The number of halogens is 2. The minimum absolute atomic E-state index is 0.248. The smallest absolute Gasteiger partial charge is 0.123 e. The number of hydrogen-bond acceptors (Lipinski definition) is 1. The lowest BCUT2D eigenvalue weighted by atomic mass is 9.96. The first kappa shape index (κ1) is 17.1. The van der Waals surface area contributed by atoms with Gasteiger partial charge in [0.1, 0.15) is 5.82 Å². The lowest BCUT2D eigenvalue weighted by Crippen LogP contribution is -2.32. The van der Waals surface area contributed by atoms with Crippen LogP contribution in [0.3, 0.4) is 0 Å². The highest BCUT2D eigenvalue weighted by molar-refractivity contribution is 6.31. The third-order valence-electron chi connectivity index (χ3n) is 5.18. The minimum Gasteiger partial charge on any atom is -0.298 e. The first-order chi connectivity index (χ1) is 12.6. The van der Waals surface area contributed by atoms with E-state index in [2.05, 4.69) is 35.4 Å². The van der Waals surface area contributed by atoms with Crippen molar-refractivity contribution in [1.29, 1.82) is 0 Å². The second-order valence-electron chi connectivity index (χ2n) is 6.76. The molecule has 0 fully saturated rings. The minimum atomic E-state index is -0.248. The number of nitrogens with zero attached hydrogens (tertiary/aromatic N) is 2. The lowest BCUT2D eigenvalue weighted by molar-refractivity contribution is 0.219. The molecule has 0 saturated carbocycles. The zero-order valence-corrected chi connectivity index (χ0v) is 15.6. The van der Waals surface area contributed by atoms with Crippen LogP contribution in [0.4, 0.5) is 4.39 Å². The molecular formula is C22H20ClFN2. The second-order valence-corrected chi connectivity index (χ2v) is 7.20. The first-order valence-corrected chi connectivity index (χ1v) is 9.27. The number of benzene rings is 2. The molecule has 3 aromatic rings. The summed E-state index contributed by atoms with van der Waals surface area (Å²) in [6.45, 7) is 3.24. The van der Waals surface area contributed by atoms with Crippen molar-refractivity contribution in [2.24, 2.45) is 0 Å². The molecule has 2 aromatic carbocycles. The average molecular weight is 367 g/mol. The van der Waals surface area contributed by atoms with Gasteiger partial charge >= 0.3 is 0 Å². The highest BCUT2D eigenvalue weighted by Gasteiger charge is 2.29. The van der Waals surface area contributed by atoms with E-state index >= 15 is 0 Å². The molecule has 1 unspecified atom stereocenters. The molecular weight excluding hydrogens is 347 g/mol. The Morgan fingerprint density at radius 3 is 2.69 bits per heavy atom. The summed E-state index contributed by atoms with van der Waals surface area (Å²) in [6, 6.07) is 15.9. The fourth-order valence-corrected chi connectivity index (χ4v) is 4.06. The Bertz CT molecular complexity index is 1020. The molecule has 4 rings (SSSR count). The third kappa shape index (κ3) is 2.90. The van der Waals surface area contributed by atoms with E-state index in [1.54, 1.807) is 12.1 Å². The van der Waals surface area contributed by atoms with E-state index in [9.17, 15) is 4.39 Å². The van der Waals surface area contributed by atoms with Crippen LogP contribution in [0.25, 0.3) is 10.9 Å². The Labute approximate surface area is 158 Å². The summed E-state index contributed by atoms with van der Waals surface area (Å²) in [5, 5.41) is 1.93.